The fourth-order valence-electron chi connectivity index (χ4n) is 0.761. The van der Waals surface area contributed by atoms with Gasteiger partial charge in [-0.3, -0.25) is 0 Å². The van der Waals surface area contributed by atoms with Crippen LogP contribution in [0.3, 0.4) is 0 Å². The van der Waals surface area contributed by atoms with Gasteiger partial charge in [0.25, 0.3) is 10.2 Å². The lowest BCUT2D eigenvalue weighted by Crippen LogP contribution is -2.39. The zero-order valence-electron chi connectivity index (χ0n) is 9.32. The summed E-state index contributed by atoms with van der Waals surface area (Å²) in [4.78, 5) is 0. The molecule has 92 valence electrons. The maximum Gasteiger partial charge on any atom is 0.276 e. The van der Waals surface area contributed by atoms with Crippen LogP contribution in [0.25, 0.3) is 0 Å². The van der Waals surface area contributed by atoms with Crippen molar-refractivity contribution in [2.75, 3.05) is 32.8 Å². The molecule has 0 amide bonds. The predicted octanol–water partition coefficient (Wildman–Crippen LogP) is -0.958. The Labute approximate surface area is 91.7 Å². The van der Waals surface area contributed by atoms with Crippen molar-refractivity contribution in [2.24, 2.45) is 11.7 Å². The van der Waals surface area contributed by atoms with Crippen molar-refractivity contribution >= 4 is 10.2 Å². The van der Waals surface area contributed by atoms with Gasteiger partial charge in [0.05, 0.1) is 13.2 Å². The first kappa shape index (κ1) is 14.8. The second kappa shape index (κ2) is 8.00. The van der Waals surface area contributed by atoms with Crippen LogP contribution in [0.5, 0.6) is 0 Å². The Morgan fingerprint density at radius 1 is 1.27 bits per heavy atom. The standard InChI is InChI=1S/C8H21N3O3S/c1-8(2)7-11-15(12,13)10-4-6-14-5-3-9/h8,10-11H,3-7,9H2,1-2H3. The van der Waals surface area contributed by atoms with Crippen LogP contribution in [0, 0.1) is 5.92 Å². The predicted molar refractivity (Wildman–Crippen MR) is 59.6 cm³/mol. The van der Waals surface area contributed by atoms with Crippen molar-refractivity contribution < 1.29 is 13.2 Å². The third-order valence-corrected chi connectivity index (χ3v) is 2.61. The summed E-state index contributed by atoms with van der Waals surface area (Å²) in [5, 5.41) is 0. The van der Waals surface area contributed by atoms with Crippen molar-refractivity contribution in [1.82, 2.24) is 9.44 Å². The molecule has 0 saturated heterocycles. The van der Waals surface area contributed by atoms with Gasteiger partial charge in [-0.1, -0.05) is 13.8 Å². The molecule has 4 N–H and O–H groups in total. The summed E-state index contributed by atoms with van der Waals surface area (Å²) in [5.74, 6) is 0.287. The van der Waals surface area contributed by atoms with Gasteiger partial charge >= 0.3 is 0 Å². The molecule has 0 unspecified atom stereocenters. The Morgan fingerprint density at radius 2 is 1.93 bits per heavy atom. The Bertz CT molecular complexity index is 242. The van der Waals surface area contributed by atoms with E-state index in [9.17, 15) is 8.42 Å². The van der Waals surface area contributed by atoms with Crippen LogP contribution in [0.15, 0.2) is 0 Å². The molecule has 0 bridgehead atoms. The zero-order chi connectivity index (χ0) is 11.7. The summed E-state index contributed by atoms with van der Waals surface area (Å²) in [6.07, 6.45) is 0. The van der Waals surface area contributed by atoms with Gasteiger partial charge in [-0.2, -0.15) is 13.1 Å². The number of hydrogen-bond donors (Lipinski definition) is 3. The summed E-state index contributed by atoms with van der Waals surface area (Å²) in [6.45, 7) is 5.78. The average Bonchev–Trinajstić information content (AvgIpc) is 2.15. The molecule has 0 rings (SSSR count). The van der Waals surface area contributed by atoms with E-state index in [1.165, 1.54) is 0 Å². The lowest BCUT2D eigenvalue weighted by Gasteiger charge is -2.09. The van der Waals surface area contributed by atoms with Crippen molar-refractivity contribution in [1.29, 1.82) is 0 Å². The lowest BCUT2D eigenvalue weighted by molar-refractivity contribution is 0.147. The number of hydrogen-bond acceptors (Lipinski definition) is 4. The Hall–Kier alpha value is -0.210. The summed E-state index contributed by atoms with van der Waals surface area (Å²) in [6, 6.07) is 0. The average molecular weight is 239 g/mol. The van der Waals surface area contributed by atoms with Gasteiger partial charge in [-0.05, 0) is 5.92 Å². The van der Waals surface area contributed by atoms with Crippen molar-refractivity contribution in [2.45, 2.75) is 13.8 Å². The third-order valence-electron chi connectivity index (χ3n) is 1.48. The second-order valence-corrected chi connectivity index (χ2v) is 5.13. The minimum atomic E-state index is -3.38. The molecule has 15 heavy (non-hydrogen) atoms. The lowest BCUT2D eigenvalue weighted by atomic mass is 10.2. The van der Waals surface area contributed by atoms with E-state index in [1.807, 2.05) is 13.8 Å². The first-order chi connectivity index (χ1) is 6.98. The minimum absolute atomic E-state index is 0.257. The van der Waals surface area contributed by atoms with Gasteiger partial charge in [-0.15, -0.1) is 0 Å². The molecule has 0 aromatic heterocycles. The van der Waals surface area contributed by atoms with Gasteiger partial charge in [0, 0.05) is 19.6 Å². The highest BCUT2D eigenvalue weighted by Crippen LogP contribution is 1.88. The molecule has 0 saturated carbocycles. The van der Waals surface area contributed by atoms with E-state index in [-0.39, 0.29) is 12.5 Å². The summed E-state index contributed by atoms with van der Waals surface area (Å²) in [5.41, 5.74) is 5.20. The molecule has 6 nitrogen and oxygen atoms in total. The normalized spacial score (nSPS) is 12.3. The van der Waals surface area contributed by atoms with Crippen LogP contribution in [-0.4, -0.2) is 41.3 Å². The molecular formula is C8H21N3O3S. The highest BCUT2D eigenvalue weighted by Gasteiger charge is 2.08. The van der Waals surface area contributed by atoms with E-state index in [2.05, 4.69) is 9.44 Å². The number of nitrogens with two attached hydrogens (primary N) is 1. The van der Waals surface area contributed by atoms with Crippen LogP contribution in [0.1, 0.15) is 13.8 Å². The number of rotatable bonds is 9. The largest absolute Gasteiger partial charge is 0.379 e. The quantitative estimate of drug-likeness (QED) is 0.452. The highest BCUT2D eigenvalue weighted by molar-refractivity contribution is 7.87. The van der Waals surface area contributed by atoms with Crippen molar-refractivity contribution in [3.8, 4) is 0 Å². The van der Waals surface area contributed by atoms with E-state index >= 15 is 0 Å². The third kappa shape index (κ3) is 10.1. The molecular weight excluding hydrogens is 218 g/mol. The van der Waals surface area contributed by atoms with Crippen LogP contribution < -0.4 is 15.2 Å². The second-order valence-electron chi connectivity index (χ2n) is 3.54. The first-order valence-electron chi connectivity index (χ1n) is 5.00. The van der Waals surface area contributed by atoms with Crippen LogP contribution in [-0.2, 0) is 14.9 Å². The molecule has 0 aliphatic heterocycles. The summed E-state index contributed by atoms with van der Waals surface area (Å²) in [7, 11) is -3.38. The number of ether oxygens (including phenoxy) is 1. The van der Waals surface area contributed by atoms with Crippen LogP contribution in [0.4, 0.5) is 0 Å². The Morgan fingerprint density at radius 3 is 2.47 bits per heavy atom. The van der Waals surface area contributed by atoms with E-state index in [0.29, 0.717) is 26.3 Å². The van der Waals surface area contributed by atoms with Gasteiger partial charge in [0.15, 0.2) is 0 Å². The van der Waals surface area contributed by atoms with E-state index in [1.54, 1.807) is 0 Å². The molecule has 0 aromatic rings. The summed E-state index contributed by atoms with van der Waals surface area (Å²) < 4.78 is 32.4. The topological polar surface area (TPSA) is 93.5 Å². The number of nitrogens with one attached hydrogen (secondary N) is 2. The van der Waals surface area contributed by atoms with E-state index in [0.717, 1.165) is 0 Å². The van der Waals surface area contributed by atoms with E-state index < -0.39 is 10.2 Å². The molecule has 0 aliphatic rings. The maximum atomic E-state index is 11.3. The molecule has 0 heterocycles. The maximum absolute atomic E-state index is 11.3. The smallest absolute Gasteiger partial charge is 0.276 e. The highest BCUT2D eigenvalue weighted by atomic mass is 32.2. The molecule has 0 spiro atoms. The monoisotopic (exact) mass is 239 g/mol. The van der Waals surface area contributed by atoms with Crippen LogP contribution in [0.2, 0.25) is 0 Å². The SMILES string of the molecule is CC(C)CNS(=O)(=O)NCCOCCN. The Kier molecular flexibility index (Phi) is 7.89. The van der Waals surface area contributed by atoms with Gasteiger partial charge in [-0.25, -0.2) is 4.72 Å². The molecule has 7 heteroatoms. The van der Waals surface area contributed by atoms with Crippen molar-refractivity contribution in [3.63, 3.8) is 0 Å². The molecule has 0 aromatic carbocycles. The molecule has 0 aliphatic carbocycles. The van der Waals surface area contributed by atoms with E-state index in [4.69, 9.17) is 10.5 Å². The molecule has 0 radical (unpaired) electrons. The van der Waals surface area contributed by atoms with Crippen LogP contribution >= 0.6 is 0 Å². The summed E-state index contributed by atoms with van der Waals surface area (Å²) >= 11 is 0. The molecule has 0 fully saturated rings. The fourth-order valence-corrected chi connectivity index (χ4v) is 1.77. The van der Waals surface area contributed by atoms with Gasteiger partial charge in [0.2, 0.25) is 0 Å². The van der Waals surface area contributed by atoms with Crippen molar-refractivity contribution in [3.05, 3.63) is 0 Å². The Balaban J connectivity index is 3.56. The first-order valence-corrected chi connectivity index (χ1v) is 6.48. The van der Waals surface area contributed by atoms with Gasteiger partial charge in [0.1, 0.15) is 0 Å². The fraction of sp³-hybridized carbons (Fsp3) is 1.00. The minimum Gasteiger partial charge on any atom is -0.379 e. The zero-order valence-corrected chi connectivity index (χ0v) is 10.1. The molecule has 0 atom stereocenters. The van der Waals surface area contributed by atoms with Gasteiger partial charge < -0.3 is 10.5 Å².